The molecule has 0 aliphatic carbocycles. The van der Waals surface area contributed by atoms with E-state index in [1.165, 1.54) is 0 Å². The standard InChI is InChI=1S/C27H33N5O3/c1-34-25-8-3-2-7-24(25)31-12-14-32(15-13-31)27(33)17-20-9-11-28-19-21(20)16-22-18-26(35-30-22)23-6-4-5-10-29-23/h2-8,10,18,20-21,28H,9,11-17,19H2,1H3/t20-,21-/m0/s1. The summed E-state index contributed by atoms with van der Waals surface area (Å²) in [5.41, 5.74) is 2.80. The van der Waals surface area contributed by atoms with E-state index < -0.39 is 0 Å². The summed E-state index contributed by atoms with van der Waals surface area (Å²) in [4.78, 5) is 21.9. The second-order valence-corrected chi connectivity index (χ2v) is 9.36. The van der Waals surface area contributed by atoms with Crippen molar-refractivity contribution in [1.82, 2.24) is 20.4 Å². The van der Waals surface area contributed by atoms with Crippen molar-refractivity contribution in [3.8, 4) is 17.2 Å². The third kappa shape index (κ3) is 5.48. The maximum atomic E-state index is 13.2. The van der Waals surface area contributed by atoms with Crippen molar-refractivity contribution in [2.24, 2.45) is 11.8 Å². The van der Waals surface area contributed by atoms with Crippen LogP contribution in [0.4, 0.5) is 5.69 Å². The highest BCUT2D eigenvalue weighted by molar-refractivity contribution is 5.77. The Morgan fingerprint density at radius 1 is 1.11 bits per heavy atom. The van der Waals surface area contributed by atoms with Crippen molar-refractivity contribution in [1.29, 1.82) is 0 Å². The number of rotatable bonds is 7. The fourth-order valence-electron chi connectivity index (χ4n) is 5.23. The van der Waals surface area contributed by atoms with E-state index in [0.717, 1.165) is 74.9 Å². The summed E-state index contributed by atoms with van der Waals surface area (Å²) in [5.74, 6) is 2.51. The highest BCUT2D eigenvalue weighted by atomic mass is 16.5. The number of carbonyl (C=O) groups excluding carboxylic acids is 1. The first-order valence-electron chi connectivity index (χ1n) is 12.4. The molecule has 2 aromatic heterocycles. The molecule has 2 fully saturated rings. The summed E-state index contributed by atoms with van der Waals surface area (Å²) < 4.78 is 11.1. The topological polar surface area (TPSA) is 83.7 Å². The number of para-hydroxylation sites is 2. The van der Waals surface area contributed by atoms with Crippen LogP contribution >= 0.6 is 0 Å². The average Bonchev–Trinajstić information content (AvgIpc) is 3.39. The normalized spacial score (nSPS) is 20.6. The number of hydrogen-bond acceptors (Lipinski definition) is 7. The fraction of sp³-hybridized carbons (Fsp3) is 0.444. The lowest BCUT2D eigenvalue weighted by Gasteiger charge is -2.38. The number of anilines is 1. The van der Waals surface area contributed by atoms with Crippen LogP contribution in [0.15, 0.2) is 59.3 Å². The SMILES string of the molecule is COc1ccccc1N1CCN(C(=O)C[C@@H]2CCNC[C@@H]2Cc2cc(-c3ccccn3)on2)CC1. The smallest absolute Gasteiger partial charge is 0.222 e. The molecule has 1 aromatic carbocycles. The number of aromatic nitrogens is 2. The van der Waals surface area contributed by atoms with Crippen molar-refractivity contribution in [3.63, 3.8) is 0 Å². The van der Waals surface area contributed by atoms with Gasteiger partial charge in [-0.15, -0.1) is 0 Å². The van der Waals surface area contributed by atoms with Gasteiger partial charge in [-0.2, -0.15) is 0 Å². The molecule has 5 rings (SSSR count). The largest absolute Gasteiger partial charge is 0.495 e. The van der Waals surface area contributed by atoms with Crippen molar-refractivity contribution < 1.29 is 14.1 Å². The Labute approximate surface area is 206 Å². The molecule has 35 heavy (non-hydrogen) atoms. The third-order valence-electron chi connectivity index (χ3n) is 7.21. The molecule has 2 saturated heterocycles. The van der Waals surface area contributed by atoms with Crippen molar-refractivity contribution in [2.75, 3.05) is 51.3 Å². The molecule has 2 atom stereocenters. The van der Waals surface area contributed by atoms with E-state index >= 15 is 0 Å². The quantitative estimate of drug-likeness (QED) is 0.562. The molecule has 0 unspecified atom stereocenters. The van der Waals surface area contributed by atoms with Crippen LogP contribution in [0.1, 0.15) is 18.5 Å². The Morgan fingerprint density at radius 3 is 2.74 bits per heavy atom. The van der Waals surface area contributed by atoms with Crippen LogP contribution in [-0.4, -0.2) is 67.3 Å². The van der Waals surface area contributed by atoms with Gasteiger partial charge in [-0.05, 0) is 62.0 Å². The first kappa shape index (κ1) is 23.4. The van der Waals surface area contributed by atoms with Gasteiger partial charge in [0.15, 0.2) is 5.76 Å². The lowest BCUT2D eigenvalue weighted by atomic mass is 9.81. The zero-order valence-electron chi connectivity index (χ0n) is 20.2. The van der Waals surface area contributed by atoms with E-state index in [0.29, 0.717) is 24.0 Å². The lowest BCUT2D eigenvalue weighted by Crippen LogP contribution is -2.50. The molecule has 0 bridgehead atoms. The van der Waals surface area contributed by atoms with Crippen LogP contribution in [0.25, 0.3) is 11.5 Å². The Kier molecular flexibility index (Phi) is 7.28. The van der Waals surface area contributed by atoms with E-state index in [-0.39, 0.29) is 5.91 Å². The summed E-state index contributed by atoms with van der Waals surface area (Å²) in [6.07, 6.45) is 4.14. The number of hydrogen-bond donors (Lipinski definition) is 1. The summed E-state index contributed by atoms with van der Waals surface area (Å²) in [5, 5.41) is 7.78. The maximum absolute atomic E-state index is 13.2. The Bertz CT molecular complexity index is 1110. The van der Waals surface area contributed by atoms with Crippen molar-refractivity contribution >= 4 is 11.6 Å². The molecule has 0 saturated carbocycles. The third-order valence-corrected chi connectivity index (χ3v) is 7.21. The summed E-state index contributed by atoms with van der Waals surface area (Å²) in [6, 6.07) is 15.8. The van der Waals surface area contributed by atoms with E-state index in [1.807, 2.05) is 47.4 Å². The van der Waals surface area contributed by atoms with Crippen LogP contribution in [0, 0.1) is 11.8 Å². The number of nitrogens with zero attached hydrogens (tertiary/aromatic N) is 4. The Balaban J connectivity index is 1.17. The molecule has 4 heterocycles. The van der Waals surface area contributed by atoms with Gasteiger partial charge in [-0.3, -0.25) is 9.78 Å². The van der Waals surface area contributed by atoms with Crippen LogP contribution in [0.2, 0.25) is 0 Å². The molecular formula is C27H33N5O3. The van der Waals surface area contributed by atoms with Crippen LogP contribution in [-0.2, 0) is 11.2 Å². The van der Waals surface area contributed by atoms with Gasteiger partial charge in [0.2, 0.25) is 5.91 Å². The Morgan fingerprint density at radius 2 is 1.94 bits per heavy atom. The highest BCUT2D eigenvalue weighted by Gasteiger charge is 2.31. The van der Waals surface area contributed by atoms with Gasteiger partial charge in [-0.1, -0.05) is 23.4 Å². The molecular weight excluding hydrogens is 442 g/mol. The van der Waals surface area contributed by atoms with Gasteiger partial charge < -0.3 is 24.4 Å². The average molecular weight is 476 g/mol. The van der Waals surface area contributed by atoms with Crippen molar-refractivity contribution in [2.45, 2.75) is 19.3 Å². The van der Waals surface area contributed by atoms with Gasteiger partial charge in [0.25, 0.3) is 0 Å². The summed E-state index contributed by atoms with van der Waals surface area (Å²) in [6.45, 7) is 4.96. The first-order valence-corrected chi connectivity index (χ1v) is 12.4. The molecule has 1 N–H and O–H groups in total. The van der Waals surface area contributed by atoms with Gasteiger partial charge in [0.1, 0.15) is 11.4 Å². The number of pyridine rings is 1. The number of piperazine rings is 1. The van der Waals surface area contributed by atoms with E-state index in [2.05, 4.69) is 26.4 Å². The summed E-state index contributed by atoms with van der Waals surface area (Å²) >= 11 is 0. The molecule has 8 heteroatoms. The second-order valence-electron chi connectivity index (χ2n) is 9.36. The number of benzene rings is 1. The first-order chi connectivity index (χ1) is 17.2. The lowest BCUT2D eigenvalue weighted by molar-refractivity contribution is -0.133. The second kappa shape index (κ2) is 10.9. The van der Waals surface area contributed by atoms with Crippen LogP contribution in [0.5, 0.6) is 5.75 Å². The molecule has 0 radical (unpaired) electrons. The minimum atomic E-state index is 0.260. The van der Waals surface area contributed by atoms with Gasteiger partial charge in [-0.25, -0.2) is 0 Å². The zero-order chi connectivity index (χ0) is 24.0. The fourth-order valence-corrected chi connectivity index (χ4v) is 5.23. The number of methoxy groups -OCH3 is 1. The van der Waals surface area contributed by atoms with Gasteiger partial charge in [0, 0.05) is 44.9 Å². The van der Waals surface area contributed by atoms with Crippen LogP contribution < -0.4 is 15.0 Å². The minimum Gasteiger partial charge on any atom is -0.495 e. The summed E-state index contributed by atoms with van der Waals surface area (Å²) in [7, 11) is 1.70. The molecule has 1 amide bonds. The predicted molar refractivity (Wildman–Crippen MR) is 134 cm³/mol. The molecule has 0 spiro atoms. The molecule has 8 nitrogen and oxygen atoms in total. The van der Waals surface area contributed by atoms with E-state index in [9.17, 15) is 4.79 Å². The number of ether oxygens (including phenoxy) is 1. The zero-order valence-corrected chi connectivity index (χ0v) is 20.2. The number of nitrogens with one attached hydrogen (secondary N) is 1. The number of amides is 1. The van der Waals surface area contributed by atoms with Gasteiger partial charge >= 0.3 is 0 Å². The monoisotopic (exact) mass is 475 g/mol. The Hall–Kier alpha value is -3.39. The maximum Gasteiger partial charge on any atom is 0.222 e. The van der Waals surface area contributed by atoms with Gasteiger partial charge in [0.05, 0.1) is 18.5 Å². The van der Waals surface area contributed by atoms with E-state index in [1.54, 1.807) is 13.3 Å². The molecule has 184 valence electrons. The van der Waals surface area contributed by atoms with E-state index in [4.69, 9.17) is 9.26 Å². The number of carbonyl (C=O) groups is 1. The van der Waals surface area contributed by atoms with Crippen LogP contribution in [0.3, 0.4) is 0 Å². The predicted octanol–water partition coefficient (Wildman–Crippen LogP) is 3.25. The molecule has 2 aliphatic heterocycles. The number of piperidine rings is 1. The minimum absolute atomic E-state index is 0.260. The van der Waals surface area contributed by atoms with Crippen molar-refractivity contribution in [3.05, 3.63) is 60.4 Å². The molecule has 2 aliphatic rings. The highest BCUT2D eigenvalue weighted by Crippen LogP contribution is 2.30. The molecule has 3 aromatic rings.